The van der Waals surface area contributed by atoms with Crippen LogP contribution in [0.3, 0.4) is 0 Å². The summed E-state index contributed by atoms with van der Waals surface area (Å²) in [7, 11) is 4.06. The number of amides is 1. The number of rotatable bonds is 5. The molecule has 1 aliphatic heterocycles. The lowest BCUT2D eigenvalue weighted by atomic mass is 10.0. The number of nitrogens with one attached hydrogen (secondary N) is 1. The van der Waals surface area contributed by atoms with Gasteiger partial charge in [-0.05, 0) is 26.1 Å². The molecule has 4 nitrogen and oxygen atoms in total. The summed E-state index contributed by atoms with van der Waals surface area (Å²) in [5, 5.41) is 3.04. The summed E-state index contributed by atoms with van der Waals surface area (Å²) in [5.41, 5.74) is 1.22. The second-order valence-electron chi connectivity index (χ2n) is 5.20. The third kappa shape index (κ3) is 3.78. The first-order chi connectivity index (χ1) is 9.18. The Morgan fingerprint density at radius 3 is 2.74 bits per heavy atom. The van der Waals surface area contributed by atoms with Crippen molar-refractivity contribution >= 4 is 5.91 Å². The van der Waals surface area contributed by atoms with Crippen LogP contribution < -0.4 is 5.32 Å². The minimum atomic E-state index is 0.0265. The van der Waals surface area contributed by atoms with Crippen LogP contribution in [-0.2, 0) is 9.53 Å². The van der Waals surface area contributed by atoms with Gasteiger partial charge in [-0.3, -0.25) is 4.79 Å². The molecule has 2 unspecified atom stereocenters. The zero-order valence-electron chi connectivity index (χ0n) is 11.6. The van der Waals surface area contributed by atoms with Crippen molar-refractivity contribution in [3.63, 3.8) is 0 Å². The highest BCUT2D eigenvalue weighted by Gasteiger charge is 2.24. The zero-order chi connectivity index (χ0) is 13.7. The van der Waals surface area contributed by atoms with E-state index in [9.17, 15) is 4.79 Å². The molecule has 1 N–H and O–H groups in total. The Kier molecular flexibility index (Phi) is 4.93. The highest BCUT2D eigenvalue weighted by molar-refractivity contribution is 5.79. The Morgan fingerprint density at radius 1 is 1.42 bits per heavy atom. The van der Waals surface area contributed by atoms with Crippen LogP contribution in [0.5, 0.6) is 0 Å². The third-order valence-electron chi connectivity index (χ3n) is 3.58. The molecule has 1 heterocycles. The molecule has 4 heteroatoms. The molecule has 1 aromatic rings. The lowest BCUT2D eigenvalue weighted by Gasteiger charge is -2.25. The summed E-state index contributed by atoms with van der Waals surface area (Å²) < 4.78 is 5.25. The largest absolute Gasteiger partial charge is 0.381 e. The first-order valence-corrected chi connectivity index (χ1v) is 6.75. The van der Waals surface area contributed by atoms with Gasteiger partial charge in [0, 0.05) is 13.2 Å². The second-order valence-corrected chi connectivity index (χ2v) is 5.20. The Morgan fingerprint density at radius 2 is 2.16 bits per heavy atom. The molecule has 0 spiro atoms. The molecule has 1 amide bonds. The Bertz CT molecular complexity index is 400. The van der Waals surface area contributed by atoms with E-state index >= 15 is 0 Å². The van der Waals surface area contributed by atoms with Gasteiger partial charge in [-0.2, -0.15) is 0 Å². The van der Waals surface area contributed by atoms with Gasteiger partial charge in [0.15, 0.2) is 0 Å². The Labute approximate surface area is 114 Å². The van der Waals surface area contributed by atoms with Crippen LogP contribution in [0, 0.1) is 5.92 Å². The van der Waals surface area contributed by atoms with Crippen molar-refractivity contribution in [2.45, 2.75) is 12.5 Å². The van der Waals surface area contributed by atoms with Crippen molar-refractivity contribution in [3.05, 3.63) is 35.9 Å². The smallest absolute Gasteiger partial charge is 0.225 e. The van der Waals surface area contributed by atoms with Crippen molar-refractivity contribution in [3.8, 4) is 0 Å². The number of benzene rings is 1. The molecule has 1 aliphatic rings. The van der Waals surface area contributed by atoms with E-state index in [4.69, 9.17) is 4.74 Å². The van der Waals surface area contributed by atoms with E-state index in [1.165, 1.54) is 5.56 Å². The molecular weight excluding hydrogens is 240 g/mol. The number of ether oxygens (including phenoxy) is 1. The molecule has 2 atom stereocenters. The summed E-state index contributed by atoms with van der Waals surface area (Å²) >= 11 is 0. The van der Waals surface area contributed by atoms with E-state index in [-0.39, 0.29) is 17.9 Å². The standard InChI is InChI=1S/C15H22N2O2/c1-17(2)14(12-6-4-3-5-7-12)10-16-15(18)13-8-9-19-11-13/h3-7,13-14H,8-11H2,1-2H3,(H,16,18). The molecule has 19 heavy (non-hydrogen) atoms. The number of likely N-dealkylation sites (N-methyl/N-ethyl adjacent to an activating group) is 1. The number of nitrogens with zero attached hydrogens (tertiary/aromatic N) is 1. The van der Waals surface area contributed by atoms with Gasteiger partial charge in [0.1, 0.15) is 0 Å². The molecule has 0 bridgehead atoms. The maximum atomic E-state index is 12.0. The maximum Gasteiger partial charge on any atom is 0.225 e. The zero-order valence-corrected chi connectivity index (χ0v) is 11.6. The van der Waals surface area contributed by atoms with Crippen LogP contribution in [-0.4, -0.2) is 44.7 Å². The quantitative estimate of drug-likeness (QED) is 0.873. The van der Waals surface area contributed by atoms with E-state index < -0.39 is 0 Å². The predicted molar refractivity (Wildman–Crippen MR) is 74.8 cm³/mol. The van der Waals surface area contributed by atoms with Crippen LogP contribution in [0.1, 0.15) is 18.0 Å². The van der Waals surface area contributed by atoms with Crippen LogP contribution in [0.2, 0.25) is 0 Å². The fraction of sp³-hybridized carbons (Fsp3) is 0.533. The van der Waals surface area contributed by atoms with Crippen molar-refractivity contribution in [1.82, 2.24) is 10.2 Å². The minimum Gasteiger partial charge on any atom is -0.381 e. The average molecular weight is 262 g/mol. The van der Waals surface area contributed by atoms with E-state index in [1.54, 1.807) is 0 Å². The molecule has 0 radical (unpaired) electrons. The van der Waals surface area contributed by atoms with Gasteiger partial charge in [0.05, 0.1) is 18.6 Å². The number of carbonyl (C=O) groups excluding carboxylic acids is 1. The van der Waals surface area contributed by atoms with Crippen LogP contribution in [0.4, 0.5) is 0 Å². The predicted octanol–water partition coefficient (Wildman–Crippen LogP) is 1.44. The van der Waals surface area contributed by atoms with E-state index in [0.717, 1.165) is 6.42 Å². The van der Waals surface area contributed by atoms with Gasteiger partial charge in [-0.25, -0.2) is 0 Å². The molecule has 104 valence electrons. The van der Waals surface area contributed by atoms with Crippen molar-refractivity contribution in [1.29, 1.82) is 0 Å². The molecule has 1 fully saturated rings. The van der Waals surface area contributed by atoms with E-state index in [1.807, 2.05) is 32.3 Å². The van der Waals surface area contributed by atoms with Crippen molar-refractivity contribution in [2.75, 3.05) is 33.9 Å². The molecule has 0 saturated carbocycles. The number of hydrogen-bond acceptors (Lipinski definition) is 3. The van der Waals surface area contributed by atoms with Gasteiger partial charge < -0.3 is 15.0 Å². The van der Waals surface area contributed by atoms with Gasteiger partial charge in [-0.1, -0.05) is 30.3 Å². The van der Waals surface area contributed by atoms with Gasteiger partial charge in [0.25, 0.3) is 0 Å². The monoisotopic (exact) mass is 262 g/mol. The number of carbonyl (C=O) groups is 1. The van der Waals surface area contributed by atoms with Crippen LogP contribution in [0.25, 0.3) is 0 Å². The second kappa shape index (κ2) is 6.68. The molecule has 1 saturated heterocycles. The normalized spacial score (nSPS) is 20.5. The van der Waals surface area contributed by atoms with E-state index in [0.29, 0.717) is 19.8 Å². The van der Waals surface area contributed by atoms with Crippen molar-refractivity contribution in [2.24, 2.45) is 5.92 Å². The van der Waals surface area contributed by atoms with E-state index in [2.05, 4.69) is 22.3 Å². The van der Waals surface area contributed by atoms with Gasteiger partial charge in [0.2, 0.25) is 5.91 Å². The minimum absolute atomic E-state index is 0.0265. The van der Waals surface area contributed by atoms with Crippen LogP contribution in [0.15, 0.2) is 30.3 Å². The molecule has 0 aliphatic carbocycles. The van der Waals surface area contributed by atoms with Gasteiger partial charge in [-0.15, -0.1) is 0 Å². The fourth-order valence-corrected chi connectivity index (χ4v) is 2.36. The molecule has 1 aromatic carbocycles. The third-order valence-corrected chi connectivity index (χ3v) is 3.58. The lowest BCUT2D eigenvalue weighted by molar-refractivity contribution is -0.125. The van der Waals surface area contributed by atoms with Crippen LogP contribution >= 0.6 is 0 Å². The fourth-order valence-electron chi connectivity index (χ4n) is 2.36. The summed E-state index contributed by atoms with van der Waals surface area (Å²) in [6.07, 6.45) is 0.837. The molecule has 0 aromatic heterocycles. The summed E-state index contributed by atoms with van der Waals surface area (Å²) in [6.45, 7) is 1.89. The average Bonchev–Trinajstić information content (AvgIpc) is 2.93. The number of hydrogen-bond donors (Lipinski definition) is 1. The summed E-state index contributed by atoms with van der Waals surface area (Å²) in [5.74, 6) is 0.138. The summed E-state index contributed by atoms with van der Waals surface area (Å²) in [6, 6.07) is 10.4. The highest BCUT2D eigenvalue weighted by atomic mass is 16.5. The highest BCUT2D eigenvalue weighted by Crippen LogP contribution is 2.18. The van der Waals surface area contributed by atoms with Gasteiger partial charge >= 0.3 is 0 Å². The Balaban J connectivity index is 1.92. The maximum absolute atomic E-state index is 12.0. The molecule has 2 rings (SSSR count). The SMILES string of the molecule is CN(C)C(CNC(=O)C1CCOC1)c1ccccc1. The van der Waals surface area contributed by atoms with Crippen molar-refractivity contribution < 1.29 is 9.53 Å². The lowest BCUT2D eigenvalue weighted by Crippen LogP contribution is -2.37. The molecular formula is C15H22N2O2. The Hall–Kier alpha value is -1.39. The summed E-state index contributed by atoms with van der Waals surface area (Å²) in [4.78, 5) is 14.1. The topological polar surface area (TPSA) is 41.6 Å². The first kappa shape index (κ1) is 14.0. The first-order valence-electron chi connectivity index (χ1n) is 6.75.